The van der Waals surface area contributed by atoms with E-state index in [1.54, 1.807) is 10.4 Å². The summed E-state index contributed by atoms with van der Waals surface area (Å²) in [5.41, 5.74) is 0.221. The zero-order chi connectivity index (χ0) is 21.8. The predicted molar refractivity (Wildman–Crippen MR) is 117 cm³/mol. The van der Waals surface area contributed by atoms with E-state index >= 15 is 0 Å². The Hall–Kier alpha value is -1.64. The fraction of sp³-hybridized carbons (Fsp3) is 0.682. The third-order valence-corrected chi connectivity index (χ3v) is 8.57. The normalized spacial score (nSPS) is 20.1. The van der Waals surface area contributed by atoms with Gasteiger partial charge in [0.15, 0.2) is 0 Å². The third-order valence-electron chi connectivity index (χ3n) is 6.68. The van der Waals surface area contributed by atoms with Crippen LogP contribution in [0.4, 0.5) is 0 Å². The quantitative estimate of drug-likeness (QED) is 0.710. The fourth-order valence-electron chi connectivity index (χ4n) is 4.61. The minimum atomic E-state index is -3.63. The first-order valence-electron chi connectivity index (χ1n) is 10.9. The van der Waals surface area contributed by atoms with Crippen molar-refractivity contribution in [2.45, 2.75) is 61.8 Å². The van der Waals surface area contributed by atoms with Gasteiger partial charge in [-0.05, 0) is 58.0 Å². The minimum Gasteiger partial charge on any atom is -0.496 e. The van der Waals surface area contributed by atoms with E-state index in [1.807, 2.05) is 14.1 Å². The van der Waals surface area contributed by atoms with E-state index in [2.05, 4.69) is 10.2 Å². The SMILES string of the molecule is COc1ccc(S(=O)(=O)N2CCCCCC2)cc1C(=O)NCC1(N(C)C)CCCC1. The summed E-state index contributed by atoms with van der Waals surface area (Å²) >= 11 is 0. The number of carbonyl (C=O) groups is 1. The second-order valence-corrected chi connectivity index (χ2v) is 10.6. The molecule has 1 aliphatic carbocycles. The van der Waals surface area contributed by atoms with Gasteiger partial charge in [-0.3, -0.25) is 4.79 Å². The van der Waals surface area contributed by atoms with Crippen LogP contribution in [0.1, 0.15) is 61.7 Å². The van der Waals surface area contributed by atoms with Crippen LogP contribution in [0.3, 0.4) is 0 Å². The van der Waals surface area contributed by atoms with Gasteiger partial charge in [-0.1, -0.05) is 25.7 Å². The third kappa shape index (κ3) is 4.81. The molecule has 2 fully saturated rings. The Morgan fingerprint density at radius 2 is 1.73 bits per heavy atom. The Morgan fingerprint density at radius 1 is 1.10 bits per heavy atom. The van der Waals surface area contributed by atoms with Crippen LogP contribution >= 0.6 is 0 Å². The summed E-state index contributed by atoms with van der Waals surface area (Å²) in [5, 5.41) is 3.04. The number of hydrogen-bond donors (Lipinski definition) is 1. The Bertz CT molecular complexity index is 840. The molecule has 168 valence electrons. The van der Waals surface area contributed by atoms with Gasteiger partial charge in [-0.2, -0.15) is 4.31 Å². The molecule has 0 spiro atoms. The molecule has 0 unspecified atom stereocenters. The van der Waals surface area contributed by atoms with Crippen molar-refractivity contribution in [3.63, 3.8) is 0 Å². The van der Waals surface area contributed by atoms with Crippen LogP contribution in [0.15, 0.2) is 23.1 Å². The average Bonchev–Trinajstić information content (AvgIpc) is 3.05. The van der Waals surface area contributed by atoms with Gasteiger partial charge in [0, 0.05) is 25.2 Å². The van der Waals surface area contributed by atoms with Gasteiger partial charge in [-0.25, -0.2) is 8.42 Å². The van der Waals surface area contributed by atoms with Crippen molar-refractivity contribution in [2.24, 2.45) is 0 Å². The van der Waals surface area contributed by atoms with Gasteiger partial charge in [0.2, 0.25) is 10.0 Å². The summed E-state index contributed by atoms with van der Waals surface area (Å²) in [6.45, 7) is 1.59. The van der Waals surface area contributed by atoms with Crippen molar-refractivity contribution in [1.82, 2.24) is 14.5 Å². The molecule has 1 N–H and O–H groups in total. The largest absolute Gasteiger partial charge is 0.496 e. The predicted octanol–water partition coefficient (Wildman–Crippen LogP) is 2.86. The second kappa shape index (κ2) is 9.66. The maximum atomic E-state index is 13.2. The second-order valence-electron chi connectivity index (χ2n) is 8.69. The molecule has 1 saturated carbocycles. The highest BCUT2D eigenvalue weighted by Crippen LogP contribution is 2.33. The smallest absolute Gasteiger partial charge is 0.255 e. The van der Waals surface area contributed by atoms with Gasteiger partial charge in [0.25, 0.3) is 5.91 Å². The molecule has 0 atom stereocenters. The van der Waals surface area contributed by atoms with Crippen LogP contribution in [-0.4, -0.2) is 69.9 Å². The number of carbonyl (C=O) groups excluding carboxylic acids is 1. The van der Waals surface area contributed by atoms with Crippen molar-refractivity contribution in [3.05, 3.63) is 23.8 Å². The maximum absolute atomic E-state index is 13.2. The lowest BCUT2D eigenvalue weighted by atomic mass is 9.96. The van der Waals surface area contributed by atoms with E-state index in [-0.39, 0.29) is 21.9 Å². The van der Waals surface area contributed by atoms with Crippen LogP contribution in [0.25, 0.3) is 0 Å². The number of likely N-dealkylation sites (N-methyl/N-ethyl adjacent to an activating group) is 1. The highest BCUT2D eigenvalue weighted by atomic mass is 32.2. The number of rotatable bonds is 7. The molecule has 0 bridgehead atoms. The molecule has 30 heavy (non-hydrogen) atoms. The molecule has 1 amide bonds. The Kier molecular flexibility index (Phi) is 7.42. The fourth-order valence-corrected chi connectivity index (χ4v) is 6.16. The number of benzene rings is 1. The molecular weight excluding hydrogens is 402 g/mol. The molecule has 1 heterocycles. The van der Waals surface area contributed by atoms with Crippen molar-refractivity contribution >= 4 is 15.9 Å². The molecule has 7 nitrogen and oxygen atoms in total. The number of nitrogens with zero attached hydrogens (tertiary/aromatic N) is 2. The maximum Gasteiger partial charge on any atom is 0.255 e. The number of nitrogens with one attached hydrogen (secondary N) is 1. The summed E-state index contributed by atoms with van der Waals surface area (Å²) in [5.74, 6) is 0.0838. The molecule has 1 saturated heterocycles. The van der Waals surface area contributed by atoms with E-state index in [0.717, 1.165) is 51.4 Å². The monoisotopic (exact) mass is 437 g/mol. The summed E-state index contributed by atoms with van der Waals surface area (Å²) in [6.07, 6.45) is 8.24. The van der Waals surface area contributed by atoms with Gasteiger partial charge in [0.05, 0.1) is 17.6 Å². The van der Waals surface area contributed by atoms with E-state index in [4.69, 9.17) is 4.74 Å². The Labute approximate surface area is 180 Å². The molecule has 1 aromatic rings. The summed E-state index contributed by atoms with van der Waals surface area (Å²) in [4.78, 5) is 15.4. The lowest BCUT2D eigenvalue weighted by molar-refractivity contribution is 0.0897. The summed E-state index contributed by atoms with van der Waals surface area (Å²) in [6, 6.07) is 4.58. The summed E-state index contributed by atoms with van der Waals surface area (Å²) in [7, 11) is 1.96. The number of methoxy groups -OCH3 is 1. The van der Waals surface area contributed by atoms with Crippen LogP contribution in [0.2, 0.25) is 0 Å². The molecule has 8 heteroatoms. The van der Waals surface area contributed by atoms with Gasteiger partial charge in [0.1, 0.15) is 5.75 Å². The zero-order valence-corrected chi connectivity index (χ0v) is 19.3. The summed E-state index contributed by atoms with van der Waals surface area (Å²) < 4.78 is 33.2. The van der Waals surface area contributed by atoms with Crippen molar-refractivity contribution in [3.8, 4) is 5.75 Å². The number of sulfonamides is 1. The van der Waals surface area contributed by atoms with Gasteiger partial charge >= 0.3 is 0 Å². The van der Waals surface area contributed by atoms with Crippen LogP contribution in [0.5, 0.6) is 5.75 Å². The topological polar surface area (TPSA) is 79.0 Å². The van der Waals surface area contributed by atoms with E-state index in [9.17, 15) is 13.2 Å². The minimum absolute atomic E-state index is 0.0430. The number of ether oxygens (including phenoxy) is 1. The molecule has 0 radical (unpaired) electrons. The van der Waals surface area contributed by atoms with Crippen molar-refractivity contribution in [1.29, 1.82) is 0 Å². The molecule has 1 aromatic carbocycles. The van der Waals surface area contributed by atoms with Crippen LogP contribution in [0, 0.1) is 0 Å². The van der Waals surface area contributed by atoms with Crippen LogP contribution in [-0.2, 0) is 10.0 Å². The lowest BCUT2D eigenvalue weighted by Crippen LogP contribution is -2.50. The van der Waals surface area contributed by atoms with Crippen molar-refractivity contribution < 1.29 is 17.9 Å². The first kappa shape index (κ1) is 23.0. The molecular formula is C22H35N3O4S. The Balaban J connectivity index is 1.82. The van der Waals surface area contributed by atoms with Gasteiger partial charge in [-0.15, -0.1) is 0 Å². The lowest BCUT2D eigenvalue weighted by Gasteiger charge is -2.36. The van der Waals surface area contributed by atoms with E-state index in [0.29, 0.717) is 25.4 Å². The van der Waals surface area contributed by atoms with E-state index < -0.39 is 10.0 Å². The molecule has 0 aromatic heterocycles. The van der Waals surface area contributed by atoms with Crippen molar-refractivity contribution in [2.75, 3.05) is 40.8 Å². The van der Waals surface area contributed by atoms with E-state index in [1.165, 1.54) is 19.2 Å². The molecule has 3 rings (SSSR count). The average molecular weight is 438 g/mol. The van der Waals surface area contributed by atoms with Crippen LogP contribution < -0.4 is 10.1 Å². The standard InChI is InChI=1S/C22H35N3O4S/c1-24(2)22(12-6-7-13-22)17-23-21(26)19-16-18(10-11-20(19)29-3)30(27,28)25-14-8-4-5-9-15-25/h10-11,16H,4-9,12-15,17H2,1-3H3,(H,23,26). The molecule has 1 aliphatic heterocycles. The first-order chi connectivity index (χ1) is 14.3. The highest BCUT2D eigenvalue weighted by molar-refractivity contribution is 7.89. The first-order valence-corrected chi connectivity index (χ1v) is 12.4. The number of hydrogen-bond acceptors (Lipinski definition) is 5. The highest BCUT2D eigenvalue weighted by Gasteiger charge is 2.36. The molecule has 2 aliphatic rings. The zero-order valence-electron chi connectivity index (χ0n) is 18.4. The van der Waals surface area contributed by atoms with Gasteiger partial charge < -0.3 is 15.0 Å². The number of amides is 1. The Morgan fingerprint density at radius 3 is 2.30 bits per heavy atom.